The molecule has 0 amide bonds. The molecule has 0 atom stereocenters. The van der Waals surface area contributed by atoms with E-state index in [9.17, 15) is 0 Å². The van der Waals surface area contributed by atoms with Crippen molar-refractivity contribution < 1.29 is 0 Å². The van der Waals surface area contributed by atoms with E-state index in [1.165, 1.54) is 10.1 Å². The first kappa shape index (κ1) is 7.28. The van der Waals surface area contributed by atoms with E-state index >= 15 is 0 Å². The summed E-state index contributed by atoms with van der Waals surface area (Å²) in [6.45, 7) is 0. The van der Waals surface area contributed by atoms with Gasteiger partial charge in [0.2, 0.25) is 0 Å². The van der Waals surface area contributed by atoms with Crippen LogP contribution in [-0.2, 0) is 0 Å². The van der Waals surface area contributed by atoms with Gasteiger partial charge in [0.05, 0.1) is 0 Å². The first-order chi connectivity index (χ1) is 5.47. The van der Waals surface area contributed by atoms with E-state index in [2.05, 4.69) is 35.7 Å². The smallest absolute Gasteiger partial charge is 0.0457 e. The third-order valence-electron chi connectivity index (χ3n) is 1.39. The lowest BCUT2D eigenvalue weighted by molar-refractivity contribution is 1.85. The Morgan fingerprint density at radius 1 is 1.00 bits per heavy atom. The van der Waals surface area contributed by atoms with E-state index < -0.39 is 0 Å². The SMILES string of the molecule is c1ccc2sssccc2c1. The summed E-state index contributed by atoms with van der Waals surface area (Å²) in [6.07, 6.45) is 0. The lowest BCUT2D eigenvalue weighted by Gasteiger charge is -1.85. The Morgan fingerprint density at radius 3 is 2.91 bits per heavy atom. The van der Waals surface area contributed by atoms with Crippen molar-refractivity contribution in [3.8, 4) is 0 Å². The third kappa shape index (κ3) is 1.61. The van der Waals surface area contributed by atoms with E-state index in [1.807, 2.05) is 10.3 Å². The highest BCUT2D eigenvalue weighted by Gasteiger charge is 1.86. The summed E-state index contributed by atoms with van der Waals surface area (Å²) >= 11 is 0. The van der Waals surface area contributed by atoms with E-state index in [-0.39, 0.29) is 0 Å². The molecule has 0 saturated heterocycles. The van der Waals surface area contributed by atoms with Crippen LogP contribution in [-0.4, -0.2) is 0 Å². The van der Waals surface area contributed by atoms with Crippen LogP contribution in [0.1, 0.15) is 0 Å². The molecule has 11 heavy (non-hydrogen) atoms. The van der Waals surface area contributed by atoms with Crippen LogP contribution in [0.4, 0.5) is 0 Å². The Hall–Kier alpha value is -0.380. The van der Waals surface area contributed by atoms with Gasteiger partial charge in [-0.3, -0.25) is 0 Å². The van der Waals surface area contributed by atoms with Gasteiger partial charge in [-0.05, 0) is 26.9 Å². The summed E-state index contributed by atoms with van der Waals surface area (Å²) in [4.78, 5) is 0. The zero-order valence-electron chi connectivity index (χ0n) is 5.69. The van der Waals surface area contributed by atoms with Gasteiger partial charge in [-0.1, -0.05) is 38.9 Å². The van der Waals surface area contributed by atoms with Gasteiger partial charge in [-0.25, -0.2) is 0 Å². The van der Waals surface area contributed by atoms with Gasteiger partial charge in [0.15, 0.2) is 0 Å². The van der Waals surface area contributed by atoms with E-state index in [1.54, 1.807) is 19.7 Å². The van der Waals surface area contributed by atoms with Crippen LogP contribution < -0.4 is 0 Å². The highest BCUT2D eigenvalue weighted by atomic mass is 33.2. The Morgan fingerprint density at radius 2 is 1.91 bits per heavy atom. The van der Waals surface area contributed by atoms with Crippen molar-refractivity contribution in [2.45, 2.75) is 0 Å². The fraction of sp³-hybridized carbons (Fsp3) is 0. The number of hydrogen-bond acceptors (Lipinski definition) is 3. The average Bonchev–Trinajstić information content (AvgIpc) is 2.28. The average molecular weight is 198 g/mol. The minimum absolute atomic E-state index is 1.33. The molecule has 1 heterocycles. The molecule has 3 heteroatoms. The highest BCUT2D eigenvalue weighted by molar-refractivity contribution is 7.94. The standard InChI is InChI=1S/C8H6S3/c1-2-4-8-7(3-1)5-6-9-11-10-8/h1-6H. The second-order valence-electron chi connectivity index (χ2n) is 2.09. The lowest BCUT2D eigenvalue weighted by Crippen LogP contribution is -1.59. The lowest BCUT2D eigenvalue weighted by atomic mass is 10.3. The molecule has 0 radical (unpaired) electrons. The van der Waals surface area contributed by atoms with Gasteiger partial charge in [0, 0.05) is 10.1 Å². The zero-order valence-corrected chi connectivity index (χ0v) is 8.14. The Kier molecular flexibility index (Phi) is 2.21. The van der Waals surface area contributed by atoms with E-state index in [4.69, 9.17) is 0 Å². The fourth-order valence-corrected chi connectivity index (χ4v) is 4.12. The minimum Gasteiger partial charge on any atom is -0.0779 e. The van der Waals surface area contributed by atoms with Crippen LogP contribution in [0.2, 0.25) is 0 Å². The van der Waals surface area contributed by atoms with Gasteiger partial charge < -0.3 is 0 Å². The number of rotatable bonds is 0. The Labute approximate surface area is 75.8 Å². The van der Waals surface area contributed by atoms with Crippen LogP contribution in [0.25, 0.3) is 10.1 Å². The largest absolute Gasteiger partial charge is 0.0779 e. The first-order valence-electron chi connectivity index (χ1n) is 3.22. The van der Waals surface area contributed by atoms with Crippen molar-refractivity contribution in [1.82, 2.24) is 0 Å². The van der Waals surface area contributed by atoms with Crippen molar-refractivity contribution >= 4 is 40.1 Å². The van der Waals surface area contributed by atoms with Gasteiger partial charge in [-0.2, -0.15) is 0 Å². The van der Waals surface area contributed by atoms with Crippen molar-refractivity contribution in [1.29, 1.82) is 0 Å². The molecule has 0 aliphatic carbocycles. The molecule has 0 saturated carbocycles. The highest BCUT2D eigenvalue weighted by Crippen LogP contribution is 2.21. The second kappa shape index (κ2) is 3.34. The molecule has 1 aromatic heterocycles. The summed E-state index contributed by atoms with van der Waals surface area (Å²) in [6, 6.07) is 10.6. The topological polar surface area (TPSA) is 0 Å². The molecule has 0 N–H and O–H groups in total. The van der Waals surface area contributed by atoms with Crippen LogP contribution in [0.15, 0.2) is 35.7 Å². The summed E-state index contributed by atoms with van der Waals surface area (Å²) in [5, 5.41) is 3.46. The van der Waals surface area contributed by atoms with E-state index in [0.29, 0.717) is 0 Å². The number of fused-ring (bicyclic) bond motifs is 1. The van der Waals surface area contributed by atoms with Crippen LogP contribution in [0.5, 0.6) is 0 Å². The maximum atomic E-state index is 2.16. The maximum Gasteiger partial charge on any atom is 0.0457 e. The summed E-state index contributed by atoms with van der Waals surface area (Å²) in [5.41, 5.74) is 0. The zero-order chi connectivity index (χ0) is 7.52. The van der Waals surface area contributed by atoms with Crippen LogP contribution in [0.3, 0.4) is 0 Å². The second-order valence-corrected chi connectivity index (χ2v) is 6.01. The van der Waals surface area contributed by atoms with Crippen LogP contribution in [0, 0.1) is 0 Å². The predicted octanol–water partition coefficient (Wildman–Crippen LogP) is 4.15. The summed E-state index contributed by atoms with van der Waals surface area (Å²) < 4.78 is 1.36. The molecule has 0 bridgehead atoms. The molecular formula is C8H6S3. The Balaban J connectivity index is 2.90. The monoisotopic (exact) mass is 198 g/mol. The first-order valence-corrected chi connectivity index (χ1v) is 6.77. The molecule has 0 spiro atoms. The maximum absolute atomic E-state index is 2.16. The van der Waals surface area contributed by atoms with Crippen molar-refractivity contribution in [3.63, 3.8) is 0 Å². The van der Waals surface area contributed by atoms with Crippen molar-refractivity contribution in [2.24, 2.45) is 0 Å². The van der Waals surface area contributed by atoms with Crippen molar-refractivity contribution in [3.05, 3.63) is 35.7 Å². The minimum atomic E-state index is 1.33. The third-order valence-corrected chi connectivity index (χ3v) is 4.96. The molecule has 0 unspecified atom stereocenters. The molecular weight excluding hydrogens is 192 g/mol. The number of hydrogen-bond donors (Lipinski definition) is 0. The summed E-state index contributed by atoms with van der Waals surface area (Å²) in [5.74, 6) is 0. The predicted molar refractivity (Wildman–Crippen MR) is 55.2 cm³/mol. The molecule has 56 valence electrons. The molecule has 2 aromatic rings. The number of benzene rings is 1. The Bertz CT molecular complexity index is 343. The van der Waals surface area contributed by atoms with Gasteiger partial charge in [-0.15, -0.1) is 0 Å². The fourth-order valence-electron chi connectivity index (χ4n) is 0.874. The molecule has 0 fully saturated rings. The quantitative estimate of drug-likeness (QED) is 0.558. The van der Waals surface area contributed by atoms with Crippen molar-refractivity contribution in [2.75, 3.05) is 0 Å². The molecule has 1 aromatic carbocycles. The summed E-state index contributed by atoms with van der Waals surface area (Å²) in [7, 11) is 5.40. The van der Waals surface area contributed by atoms with E-state index in [0.717, 1.165) is 0 Å². The molecule has 2 rings (SSSR count). The van der Waals surface area contributed by atoms with Gasteiger partial charge in [0.1, 0.15) is 0 Å². The van der Waals surface area contributed by atoms with Gasteiger partial charge in [0.25, 0.3) is 0 Å². The molecule has 0 nitrogen and oxygen atoms in total. The van der Waals surface area contributed by atoms with Crippen LogP contribution >= 0.6 is 30.0 Å². The van der Waals surface area contributed by atoms with Gasteiger partial charge >= 0.3 is 0 Å². The molecule has 0 aliphatic heterocycles. The molecule has 0 aliphatic rings. The normalized spacial score (nSPS) is 9.82.